The first-order chi connectivity index (χ1) is 11.4. The first kappa shape index (κ1) is 17.3. The lowest BCUT2D eigenvalue weighted by atomic mass is 9.93. The predicted molar refractivity (Wildman–Crippen MR) is 96.8 cm³/mol. The highest BCUT2D eigenvalue weighted by atomic mass is 32.2. The summed E-state index contributed by atoms with van der Waals surface area (Å²) < 4.78 is 6.03. The molecule has 0 bridgehead atoms. The van der Waals surface area contributed by atoms with Crippen LogP contribution in [0.25, 0.3) is 0 Å². The van der Waals surface area contributed by atoms with Gasteiger partial charge >= 0.3 is 0 Å². The Hall–Kier alpha value is -1.54. The maximum absolute atomic E-state index is 11.6. The van der Waals surface area contributed by atoms with E-state index in [4.69, 9.17) is 4.74 Å². The number of nitrogens with zero attached hydrogens (tertiary/aromatic N) is 5. The minimum absolute atomic E-state index is 0.0217. The standard InChI is InChI=1S/C16H25N5O2S/c1-19(2)13-5-14(18-11-17-13)21-9-16(10-21)6-12(8-24-16)23-7-15(22)20(3)4/h5,11-12H,6-10H2,1-4H3. The molecular formula is C16H25N5O2S. The van der Waals surface area contributed by atoms with Gasteiger partial charge in [0.1, 0.15) is 24.6 Å². The number of carbonyl (C=O) groups excluding carboxylic acids is 1. The summed E-state index contributed by atoms with van der Waals surface area (Å²) in [5.74, 6) is 2.88. The second-order valence-electron chi connectivity index (χ2n) is 6.90. The molecule has 24 heavy (non-hydrogen) atoms. The third-order valence-electron chi connectivity index (χ3n) is 4.49. The number of carbonyl (C=O) groups is 1. The lowest BCUT2D eigenvalue weighted by Gasteiger charge is -2.48. The molecule has 1 unspecified atom stereocenters. The van der Waals surface area contributed by atoms with Gasteiger partial charge in [-0.15, -0.1) is 11.8 Å². The van der Waals surface area contributed by atoms with Gasteiger partial charge < -0.3 is 19.4 Å². The molecule has 132 valence electrons. The van der Waals surface area contributed by atoms with Crippen LogP contribution < -0.4 is 9.80 Å². The molecule has 1 atom stereocenters. The molecule has 2 saturated heterocycles. The van der Waals surface area contributed by atoms with Gasteiger partial charge in [0.15, 0.2) is 0 Å². The van der Waals surface area contributed by atoms with Crippen molar-refractivity contribution in [3.63, 3.8) is 0 Å². The van der Waals surface area contributed by atoms with Gasteiger partial charge in [0, 0.05) is 53.1 Å². The van der Waals surface area contributed by atoms with Crippen LogP contribution in [0.4, 0.5) is 11.6 Å². The van der Waals surface area contributed by atoms with Crippen LogP contribution in [0.3, 0.4) is 0 Å². The maximum atomic E-state index is 11.6. The smallest absolute Gasteiger partial charge is 0.248 e. The first-order valence-electron chi connectivity index (χ1n) is 8.09. The fourth-order valence-corrected chi connectivity index (χ4v) is 4.57. The Kier molecular flexibility index (Phi) is 4.87. The van der Waals surface area contributed by atoms with Crippen molar-refractivity contribution in [1.82, 2.24) is 14.9 Å². The van der Waals surface area contributed by atoms with E-state index in [2.05, 4.69) is 14.9 Å². The highest BCUT2D eigenvalue weighted by Gasteiger charge is 2.50. The fraction of sp³-hybridized carbons (Fsp3) is 0.688. The first-order valence-corrected chi connectivity index (χ1v) is 9.07. The third-order valence-corrected chi connectivity index (χ3v) is 6.07. The molecule has 1 aromatic heterocycles. The van der Waals surface area contributed by atoms with Crippen molar-refractivity contribution in [3.8, 4) is 0 Å². The largest absolute Gasteiger partial charge is 0.367 e. The Bertz CT molecular complexity index is 604. The zero-order valence-electron chi connectivity index (χ0n) is 14.7. The molecule has 7 nitrogen and oxygen atoms in total. The lowest BCUT2D eigenvalue weighted by molar-refractivity contribution is -0.135. The van der Waals surface area contributed by atoms with Crippen LogP contribution in [-0.4, -0.2) is 85.3 Å². The number of amides is 1. The molecule has 1 amide bonds. The number of hydrogen-bond acceptors (Lipinski definition) is 7. The molecule has 3 rings (SSSR count). The summed E-state index contributed by atoms with van der Waals surface area (Å²) in [6, 6.07) is 2.02. The second-order valence-corrected chi connectivity index (χ2v) is 8.39. The molecule has 0 saturated carbocycles. The van der Waals surface area contributed by atoms with E-state index in [0.717, 1.165) is 36.9 Å². The van der Waals surface area contributed by atoms with Gasteiger partial charge in [-0.3, -0.25) is 4.79 Å². The van der Waals surface area contributed by atoms with Gasteiger partial charge in [0.05, 0.1) is 10.9 Å². The molecule has 3 heterocycles. The van der Waals surface area contributed by atoms with E-state index in [1.165, 1.54) is 0 Å². The van der Waals surface area contributed by atoms with Crippen molar-refractivity contribution in [2.45, 2.75) is 17.3 Å². The minimum atomic E-state index is 0.0217. The number of anilines is 2. The molecular weight excluding hydrogens is 326 g/mol. The van der Waals surface area contributed by atoms with Crippen molar-refractivity contribution in [2.24, 2.45) is 0 Å². The Morgan fingerprint density at radius 3 is 2.79 bits per heavy atom. The van der Waals surface area contributed by atoms with Crippen molar-refractivity contribution < 1.29 is 9.53 Å². The number of likely N-dealkylation sites (N-methyl/N-ethyl adjacent to an activating group) is 1. The number of rotatable bonds is 5. The third kappa shape index (κ3) is 3.59. The molecule has 0 radical (unpaired) electrons. The predicted octanol–water partition coefficient (Wildman–Crippen LogP) is 0.712. The second kappa shape index (κ2) is 6.76. The zero-order valence-corrected chi connectivity index (χ0v) is 15.5. The summed E-state index contributed by atoms with van der Waals surface area (Å²) in [6.07, 6.45) is 2.79. The molecule has 0 aliphatic carbocycles. The Labute approximate surface area is 147 Å². The molecule has 0 aromatic carbocycles. The molecule has 2 aliphatic rings. The van der Waals surface area contributed by atoms with Gasteiger partial charge in [-0.05, 0) is 6.42 Å². The van der Waals surface area contributed by atoms with Gasteiger partial charge in [-0.2, -0.15) is 0 Å². The van der Waals surface area contributed by atoms with Crippen LogP contribution in [-0.2, 0) is 9.53 Å². The topological polar surface area (TPSA) is 61.8 Å². The molecule has 0 N–H and O–H groups in total. The lowest BCUT2D eigenvalue weighted by Crippen LogP contribution is -2.59. The van der Waals surface area contributed by atoms with Crippen LogP contribution in [0.1, 0.15) is 6.42 Å². The average Bonchev–Trinajstić information content (AvgIpc) is 2.95. The van der Waals surface area contributed by atoms with Crippen molar-refractivity contribution in [2.75, 3.05) is 63.4 Å². The van der Waals surface area contributed by atoms with Gasteiger partial charge in [0.25, 0.3) is 0 Å². The van der Waals surface area contributed by atoms with Crippen molar-refractivity contribution in [3.05, 3.63) is 12.4 Å². The van der Waals surface area contributed by atoms with Gasteiger partial charge in [-0.1, -0.05) is 0 Å². The molecule has 1 spiro atoms. The summed E-state index contributed by atoms with van der Waals surface area (Å²) in [4.78, 5) is 26.1. The summed E-state index contributed by atoms with van der Waals surface area (Å²) in [6.45, 7) is 2.13. The number of hydrogen-bond donors (Lipinski definition) is 0. The molecule has 2 aliphatic heterocycles. The van der Waals surface area contributed by atoms with E-state index in [0.29, 0.717) is 0 Å². The minimum Gasteiger partial charge on any atom is -0.367 e. The number of ether oxygens (including phenoxy) is 1. The Morgan fingerprint density at radius 1 is 1.38 bits per heavy atom. The summed E-state index contributed by atoms with van der Waals surface area (Å²) in [5, 5.41) is 0. The highest BCUT2D eigenvalue weighted by Crippen LogP contribution is 2.47. The van der Waals surface area contributed by atoms with E-state index in [1.54, 1.807) is 25.3 Å². The van der Waals surface area contributed by atoms with Crippen LogP contribution in [0, 0.1) is 0 Å². The number of thioether (sulfide) groups is 1. The van der Waals surface area contributed by atoms with E-state index in [-0.39, 0.29) is 23.4 Å². The monoisotopic (exact) mass is 351 g/mol. The van der Waals surface area contributed by atoms with E-state index < -0.39 is 0 Å². The molecule has 8 heteroatoms. The van der Waals surface area contributed by atoms with Crippen LogP contribution >= 0.6 is 11.8 Å². The Morgan fingerprint density at radius 2 is 2.12 bits per heavy atom. The van der Waals surface area contributed by atoms with E-state index in [1.807, 2.05) is 36.8 Å². The SMILES string of the molecule is CN(C)C(=O)COC1CSC2(C1)CN(c1cc(N(C)C)ncn1)C2. The normalized spacial score (nSPS) is 21.7. The number of aromatic nitrogens is 2. The Balaban J connectivity index is 1.51. The molecule has 2 fully saturated rings. The van der Waals surface area contributed by atoms with E-state index >= 15 is 0 Å². The van der Waals surface area contributed by atoms with Crippen molar-refractivity contribution >= 4 is 29.3 Å². The van der Waals surface area contributed by atoms with Crippen molar-refractivity contribution in [1.29, 1.82) is 0 Å². The summed E-state index contributed by atoms with van der Waals surface area (Å²) in [7, 11) is 7.47. The van der Waals surface area contributed by atoms with Crippen LogP contribution in [0.5, 0.6) is 0 Å². The van der Waals surface area contributed by atoms with Gasteiger partial charge in [-0.25, -0.2) is 9.97 Å². The highest BCUT2D eigenvalue weighted by molar-refractivity contribution is 8.01. The molecule has 1 aromatic rings. The average molecular weight is 351 g/mol. The quantitative estimate of drug-likeness (QED) is 0.774. The maximum Gasteiger partial charge on any atom is 0.248 e. The van der Waals surface area contributed by atoms with Gasteiger partial charge in [0.2, 0.25) is 5.91 Å². The summed E-state index contributed by atoms with van der Waals surface area (Å²) >= 11 is 1.96. The zero-order chi connectivity index (χ0) is 17.3. The summed E-state index contributed by atoms with van der Waals surface area (Å²) in [5.41, 5.74) is 0. The van der Waals surface area contributed by atoms with E-state index in [9.17, 15) is 4.79 Å². The van der Waals surface area contributed by atoms with Crippen LogP contribution in [0.2, 0.25) is 0 Å². The fourth-order valence-electron chi connectivity index (χ4n) is 3.01. The van der Waals surface area contributed by atoms with Crippen LogP contribution in [0.15, 0.2) is 12.4 Å².